The highest BCUT2D eigenvalue weighted by molar-refractivity contribution is 5.89. The molecule has 2 aromatic rings. The van der Waals surface area contributed by atoms with Gasteiger partial charge in [-0.25, -0.2) is 9.59 Å². The van der Waals surface area contributed by atoms with Crippen molar-refractivity contribution in [2.45, 2.75) is 25.4 Å². The second kappa shape index (κ2) is 7.27. The quantitative estimate of drug-likeness (QED) is 0.719. The fraction of sp³-hybridized carbons (Fsp3) is 0.333. The molecule has 1 aromatic heterocycles. The molecule has 1 heterocycles. The lowest BCUT2D eigenvalue weighted by Crippen LogP contribution is -2.41. The maximum absolute atomic E-state index is 12.5. The number of aromatic nitrogens is 2. The molecule has 1 aliphatic rings. The lowest BCUT2D eigenvalue weighted by Gasteiger charge is -2.11. The van der Waals surface area contributed by atoms with Crippen molar-refractivity contribution in [2.24, 2.45) is 0 Å². The zero-order valence-corrected chi connectivity index (χ0v) is 14.2. The number of nitrogens with zero attached hydrogens (tertiary/aromatic N) is 3. The first-order valence-corrected chi connectivity index (χ1v) is 8.12. The number of carbonyl (C=O) groups is 1. The number of esters is 1. The molecule has 134 valence electrons. The lowest BCUT2D eigenvalue weighted by molar-refractivity contribution is 0.0600. The molecule has 1 aliphatic carbocycles. The predicted octanol–water partition coefficient (Wildman–Crippen LogP) is 1.08. The summed E-state index contributed by atoms with van der Waals surface area (Å²) in [6.45, 7) is 0.0433. The minimum Gasteiger partial charge on any atom is -0.492 e. The minimum atomic E-state index is -0.624. The number of rotatable bonds is 6. The molecule has 0 N–H and O–H groups in total. The predicted molar refractivity (Wildman–Crippen MR) is 91.2 cm³/mol. The first-order chi connectivity index (χ1) is 12.5. The van der Waals surface area contributed by atoms with Gasteiger partial charge in [0.15, 0.2) is 0 Å². The molecule has 0 radical (unpaired) electrons. The third kappa shape index (κ3) is 3.52. The molecule has 1 saturated carbocycles. The highest BCUT2D eigenvalue weighted by atomic mass is 16.5. The van der Waals surface area contributed by atoms with E-state index in [9.17, 15) is 14.4 Å². The van der Waals surface area contributed by atoms with E-state index in [0.717, 1.165) is 17.4 Å². The summed E-state index contributed by atoms with van der Waals surface area (Å²) in [6, 6.07) is 8.30. The van der Waals surface area contributed by atoms with Crippen LogP contribution in [0, 0.1) is 11.3 Å². The van der Waals surface area contributed by atoms with Gasteiger partial charge in [0.1, 0.15) is 24.0 Å². The Kier molecular flexibility index (Phi) is 4.89. The van der Waals surface area contributed by atoms with E-state index >= 15 is 0 Å². The number of nitriles is 1. The van der Waals surface area contributed by atoms with Crippen LogP contribution in [-0.4, -0.2) is 28.8 Å². The smallest absolute Gasteiger partial charge is 0.337 e. The van der Waals surface area contributed by atoms with Crippen molar-refractivity contribution < 1.29 is 14.3 Å². The molecule has 8 heteroatoms. The number of carbonyl (C=O) groups excluding carboxylic acids is 1. The van der Waals surface area contributed by atoms with Crippen LogP contribution in [-0.2, 0) is 11.3 Å². The van der Waals surface area contributed by atoms with E-state index in [1.54, 1.807) is 18.2 Å². The zero-order valence-electron chi connectivity index (χ0n) is 14.2. The Morgan fingerprint density at radius 1 is 1.35 bits per heavy atom. The molecule has 3 rings (SSSR count). The molecule has 1 aromatic carbocycles. The standard InChI is InChI=1S/C18H17N3O5/c1-25-17(23)12-3-2-4-15(9-12)26-8-7-20-16(22)13(10-19)11-21(18(20)24)14-5-6-14/h2-4,9,11,14H,5-8H2,1H3. The Hall–Kier alpha value is -3.34. The van der Waals surface area contributed by atoms with E-state index in [1.165, 1.54) is 23.9 Å². The Labute approximate surface area is 148 Å². The normalized spacial score (nSPS) is 13.1. The van der Waals surface area contributed by atoms with Gasteiger partial charge < -0.3 is 9.47 Å². The van der Waals surface area contributed by atoms with Crippen LogP contribution in [0.3, 0.4) is 0 Å². The zero-order chi connectivity index (χ0) is 18.7. The summed E-state index contributed by atoms with van der Waals surface area (Å²) in [7, 11) is 1.29. The molecule has 0 unspecified atom stereocenters. The van der Waals surface area contributed by atoms with E-state index < -0.39 is 17.2 Å². The fourth-order valence-electron chi connectivity index (χ4n) is 2.59. The van der Waals surface area contributed by atoms with Gasteiger partial charge >= 0.3 is 11.7 Å². The fourth-order valence-corrected chi connectivity index (χ4v) is 2.59. The van der Waals surface area contributed by atoms with Gasteiger partial charge in [0.25, 0.3) is 5.56 Å². The lowest BCUT2D eigenvalue weighted by atomic mass is 10.2. The molecule has 26 heavy (non-hydrogen) atoms. The van der Waals surface area contributed by atoms with E-state index in [4.69, 9.17) is 10.00 Å². The number of hydrogen-bond donors (Lipinski definition) is 0. The van der Waals surface area contributed by atoms with Gasteiger partial charge in [-0.1, -0.05) is 6.07 Å². The Morgan fingerprint density at radius 3 is 2.77 bits per heavy atom. The van der Waals surface area contributed by atoms with Crippen LogP contribution in [0.1, 0.15) is 34.8 Å². The van der Waals surface area contributed by atoms with Crippen LogP contribution >= 0.6 is 0 Å². The Balaban J connectivity index is 1.77. The van der Waals surface area contributed by atoms with Gasteiger partial charge in [-0.05, 0) is 31.0 Å². The van der Waals surface area contributed by atoms with Gasteiger partial charge in [-0.2, -0.15) is 5.26 Å². The van der Waals surface area contributed by atoms with Crippen molar-refractivity contribution in [3.8, 4) is 11.8 Å². The van der Waals surface area contributed by atoms with Gasteiger partial charge in [-0.3, -0.25) is 13.9 Å². The van der Waals surface area contributed by atoms with Crippen molar-refractivity contribution in [1.82, 2.24) is 9.13 Å². The molecule has 8 nitrogen and oxygen atoms in total. The second-order valence-electron chi connectivity index (χ2n) is 5.90. The summed E-state index contributed by atoms with van der Waals surface area (Å²) >= 11 is 0. The summed E-state index contributed by atoms with van der Waals surface area (Å²) in [5.41, 5.74) is -0.793. The highest BCUT2D eigenvalue weighted by Gasteiger charge is 2.26. The number of methoxy groups -OCH3 is 1. The molecule has 0 amide bonds. The number of benzene rings is 1. The Morgan fingerprint density at radius 2 is 2.12 bits per heavy atom. The van der Waals surface area contributed by atoms with Crippen molar-refractivity contribution in [1.29, 1.82) is 5.26 Å². The number of hydrogen-bond acceptors (Lipinski definition) is 6. The molecular weight excluding hydrogens is 338 g/mol. The van der Waals surface area contributed by atoms with Gasteiger partial charge in [0.05, 0.1) is 19.2 Å². The van der Waals surface area contributed by atoms with Crippen molar-refractivity contribution in [3.63, 3.8) is 0 Å². The summed E-state index contributed by atoms with van der Waals surface area (Å²) in [5, 5.41) is 9.12. The monoisotopic (exact) mass is 355 g/mol. The van der Waals surface area contributed by atoms with Gasteiger partial charge in [0.2, 0.25) is 0 Å². The van der Waals surface area contributed by atoms with E-state index in [1.807, 2.05) is 6.07 Å². The van der Waals surface area contributed by atoms with Gasteiger partial charge in [-0.15, -0.1) is 0 Å². The molecule has 0 saturated heterocycles. The largest absolute Gasteiger partial charge is 0.492 e. The van der Waals surface area contributed by atoms with Crippen molar-refractivity contribution in [2.75, 3.05) is 13.7 Å². The minimum absolute atomic E-state index is 0.00234. The van der Waals surface area contributed by atoms with Crippen LogP contribution in [0.25, 0.3) is 0 Å². The number of ether oxygens (including phenoxy) is 2. The average molecular weight is 355 g/mol. The van der Waals surface area contributed by atoms with E-state index in [-0.39, 0.29) is 24.8 Å². The molecule has 0 aliphatic heterocycles. The van der Waals surface area contributed by atoms with E-state index in [2.05, 4.69) is 4.74 Å². The summed E-state index contributed by atoms with van der Waals surface area (Å²) in [4.78, 5) is 36.2. The molecule has 1 fully saturated rings. The summed E-state index contributed by atoms with van der Waals surface area (Å²) < 4.78 is 12.7. The first kappa shape index (κ1) is 17.5. The van der Waals surface area contributed by atoms with Crippen LogP contribution in [0.5, 0.6) is 5.75 Å². The second-order valence-corrected chi connectivity index (χ2v) is 5.90. The SMILES string of the molecule is COC(=O)c1cccc(OCCn2c(=O)c(C#N)cn(C3CC3)c2=O)c1. The Bertz CT molecular complexity index is 995. The third-order valence-electron chi connectivity index (χ3n) is 4.10. The average Bonchev–Trinajstić information content (AvgIpc) is 3.49. The van der Waals surface area contributed by atoms with Gasteiger partial charge in [0, 0.05) is 12.2 Å². The third-order valence-corrected chi connectivity index (χ3v) is 4.10. The van der Waals surface area contributed by atoms with Crippen LogP contribution in [0.2, 0.25) is 0 Å². The maximum Gasteiger partial charge on any atom is 0.337 e. The van der Waals surface area contributed by atoms with Crippen molar-refractivity contribution >= 4 is 5.97 Å². The van der Waals surface area contributed by atoms with Crippen LogP contribution in [0.15, 0.2) is 40.1 Å². The summed E-state index contributed by atoms with van der Waals surface area (Å²) in [6.07, 6.45) is 3.05. The highest BCUT2D eigenvalue weighted by Crippen LogP contribution is 2.33. The van der Waals surface area contributed by atoms with Crippen molar-refractivity contribution in [3.05, 3.63) is 62.4 Å². The van der Waals surface area contributed by atoms with Crippen LogP contribution < -0.4 is 16.0 Å². The van der Waals surface area contributed by atoms with Crippen LogP contribution in [0.4, 0.5) is 0 Å². The summed E-state index contributed by atoms with van der Waals surface area (Å²) in [5.74, 6) is -0.0689. The molecular formula is C18H17N3O5. The topological polar surface area (TPSA) is 103 Å². The molecule has 0 spiro atoms. The maximum atomic E-state index is 12.5. The molecule has 0 atom stereocenters. The molecule has 0 bridgehead atoms. The first-order valence-electron chi connectivity index (χ1n) is 8.12. The van der Waals surface area contributed by atoms with E-state index in [0.29, 0.717) is 11.3 Å².